The van der Waals surface area contributed by atoms with Crippen LogP contribution in [0.15, 0.2) is 48.5 Å². The SMILES string of the molecule is CC(=O)O[C@@H](C)/C=C/c1cccc2ccccc12. The normalized spacial score (nSPS) is 12.8. The van der Waals surface area contributed by atoms with Gasteiger partial charge >= 0.3 is 5.97 Å². The number of carbonyl (C=O) groups is 1. The first-order valence-electron chi connectivity index (χ1n) is 6.00. The molecule has 0 saturated carbocycles. The second-order valence-electron chi connectivity index (χ2n) is 4.24. The minimum Gasteiger partial charge on any atom is -0.459 e. The highest BCUT2D eigenvalue weighted by molar-refractivity contribution is 5.90. The average Bonchev–Trinajstić information content (AvgIpc) is 2.35. The summed E-state index contributed by atoms with van der Waals surface area (Å²) in [4.78, 5) is 10.8. The Balaban J connectivity index is 2.26. The molecule has 0 radical (unpaired) electrons. The predicted octanol–water partition coefficient (Wildman–Crippen LogP) is 3.80. The van der Waals surface area contributed by atoms with Crippen molar-refractivity contribution in [2.75, 3.05) is 0 Å². The third-order valence-electron chi connectivity index (χ3n) is 2.72. The van der Waals surface area contributed by atoms with Crippen molar-refractivity contribution in [3.05, 3.63) is 54.1 Å². The van der Waals surface area contributed by atoms with Gasteiger partial charge in [0, 0.05) is 6.92 Å². The van der Waals surface area contributed by atoms with Crippen LogP contribution in [0.1, 0.15) is 19.4 Å². The number of ether oxygens (including phenoxy) is 1. The zero-order valence-corrected chi connectivity index (χ0v) is 10.6. The fourth-order valence-electron chi connectivity index (χ4n) is 1.94. The molecule has 2 rings (SSSR count). The zero-order valence-electron chi connectivity index (χ0n) is 10.6. The molecule has 0 aromatic heterocycles. The van der Waals surface area contributed by atoms with Crippen LogP contribution in [-0.2, 0) is 9.53 Å². The highest BCUT2D eigenvalue weighted by atomic mass is 16.5. The van der Waals surface area contributed by atoms with Gasteiger partial charge in [-0.15, -0.1) is 0 Å². The number of fused-ring (bicyclic) bond motifs is 1. The molecule has 0 heterocycles. The summed E-state index contributed by atoms with van der Waals surface area (Å²) >= 11 is 0. The van der Waals surface area contributed by atoms with Crippen molar-refractivity contribution in [1.29, 1.82) is 0 Å². The van der Waals surface area contributed by atoms with Crippen LogP contribution in [0, 0.1) is 0 Å². The lowest BCUT2D eigenvalue weighted by Gasteiger charge is -2.07. The monoisotopic (exact) mass is 240 g/mol. The Bertz CT molecular complexity index is 579. The molecule has 0 aliphatic rings. The van der Waals surface area contributed by atoms with E-state index in [0.717, 1.165) is 5.56 Å². The molecule has 0 saturated heterocycles. The molecule has 0 aliphatic carbocycles. The summed E-state index contributed by atoms with van der Waals surface area (Å²) in [5, 5.41) is 2.41. The van der Waals surface area contributed by atoms with Gasteiger partial charge in [-0.3, -0.25) is 4.79 Å². The topological polar surface area (TPSA) is 26.3 Å². The number of carbonyl (C=O) groups excluding carboxylic acids is 1. The Kier molecular flexibility index (Phi) is 3.78. The van der Waals surface area contributed by atoms with Crippen LogP contribution in [0.3, 0.4) is 0 Å². The minimum atomic E-state index is -0.259. The van der Waals surface area contributed by atoms with E-state index in [1.165, 1.54) is 17.7 Å². The van der Waals surface area contributed by atoms with Crippen LogP contribution in [-0.4, -0.2) is 12.1 Å². The quantitative estimate of drug-likeness (QED) is 0.763. The largest absolute Gasteiger partial charge is 0.459 e. The Morgan fingerprint density at radius 1 is 1.17 bits per heavy atom. The van der Waals surface area contributed by atoms with Crippen molar-refractivity contribution in [2.45, 2.75) is 20.0 Å². The molecule has 1 atom stereocenters. The summed E-state index contributed by atoms with van der Waals surface area (Å²) in [6, 6.07) is 14.4. The third-order valence-corrected chi connectivity index (χ3v) is 2.72. The van der Waals surface area contributed by atoms with Gasteiger partial charge in [-0.2, -0.15) is 0 Å². The van der Waals surface area contributed by atoms with E-state index in [1.54, 1.807) is 0 Å². The summed E-state index contributed by atoms with van der Waals surface area (Å²) in [6.07, 6.45) is 3.68. The summed E-state index contributed by atoms with van der Waals surface area (Å²) in [5.74, 6) is -0.259. The fraction of sp³-hybridized carbons (Fsp3) is 0.188. The van der Waals surface area contributed by atoms with Gasteiger partial charge in [-0.1, -0.05) is 48.5 Å². The molecule has 0 amide bonds. The molecular weight excluding hydrogens is 224 g/mol. The molecule has 18 heavy (non-hydrogen) atoms. The van der Waals surface area contributed by atoms with Crippen molar-refractivity contribution in [2.24, 2.45) is 0 Å². The van der Waals surface area contributed by atoms with E-state index in [4.69, 9.17) is 4.74 Å². The predicted molar refractivity (Wildman–Crippen MR) is 74.2 cm³/mol. The number of rotatable bonds is 3. The van der Waals surface area contributed by atoms with E-state index in [-0.39, 0.29) is 12.1 Å². The maximum atomic E-state index is 10.8. The summed E-state index contributed by atoms with van der Waals surface area (Å²) in [7, 11) is 0. The fourth-order valence-corrected chi connectivity index (χ4v) is 1.94. The lowest BCUT2D eigenvalue weighted by molar-refractivity contribution is -0.143. The third kappa shape index (κ3) is 2.98. The standard InChI is InChI=1S/C16H16O2/c1-12(18-13(2)17)10-11-15-8-5-7-14-6-3-4-9-16(14)15/h3-12H,1-2H3/b11-10+/t12-/m0/s1. The molecule has 0 aliphatic heterocycles. The molecule has 0 unspecified atom stereocenters. The van der Waals surface area contributed by atoms with Gasteiger partial charge < -0.3 is 4.74 Å². The molecule has 0 N–H and O–H groups in total. The van der Waals surface area contributed by atoms with E-state index < -0.39 is 0 Å². The van der Waals surface area contributed by atoms with Crippen molar-refractivity contribution >= 4 is 22.8 Å². The van der Waals surface area contributed by atoms with E-state index in [9.17, 15) is 4.79 Å². The molecule has 2 aromatic rings. The number of hydrogen-bond acceptors (Lipinski definition) is 2. The van der Waals surface area contributed by atoms with Gasteiger partial charge in [-0.25, -0.2) is 0 Å². The maximum absolute atomic E-state index is 10.8. The Morgan fingerprint density at radius 3 is 2.67 bits per heavy atom. The van der Waals surface area contributed by atoms with Crippen LogP contribution in [0.25, 0.3) is 16.8 Å². The van der Waals surface area contributed by atoms with Crippen LogP contribution in [0.5, 0.6) is 0 Å². The van der Waals surface area contributed by atoms with Crippen molar-refractivity contribution in [1.82, 2.24) is 0 Å². The minimum absolute atomic E-state index is 0.207. The van der Waals surface area contributed by atoms with Gasteiger partial charge in [0.15, 0.2) is 0 Å². The van der Waals surface area contributed by atoms with Gasteiger partial charge in [0.25, 0.3) is 0 Å². The highest BCUT2D eigenvalue weighted by Gasteiger charge is 2.01. The van der Waals surface area contributed by atoms with Crippen molar-refractivity contribution in [3.8, 4) is 0 Å². The van der Waals surface area contributed by atoms with Gasteiger partial charge in [0.1, 0.15) is 6.10 Å². The Hall–Kier alpha value is -2.09. The van der Waals surface area contributed by atoms with Gasteiger partial charge in [-0.05, 0) is 29.3 Å². The molecule has 2 nitrogen and oxygen atoms in total. The van der Waals surface area contributed by atoms with E-state index in [1.807, 2.05) is 37.3 Å². The van der Waals surface area contributed by atoms with E-state index in [2.05, 4.69) is 24.3 Å². The number of benzene rings is 2. The molecule has 0 spiro atoms. The van der Waals surface area contributed by atoms with Crippen LogP contribution < -0.4 is 0 Å². The second-order valence-corrected chi connectivity index (χ2v) is 4.24. The van der Waals surface area contributed by atoms with Crippen molar-refractivity contribution in [3.63, 3.8) is 0 Å². The van der Waals surface area contributed by atoms with Gasteiger partial charge in [0.05, 0.1) is 0 Å². The Morgan fingerprint density at radius 2 is 1.89 bits per heavy atom. The maximum Gasteiger partial charge on any atom is 0.303 e. The van der Waals surface area contributed by atoms with Gasteiger partial charge in [0.2, 0.25) is 0 Å². The lowest BCUT2D eigenvalue weighted by atomic mass is 10.0. The zero-order chi connectivity index (χ0) is 13.0. The molecule has 2 heteroatoms. The average molecular weight is 240 g/mol. The van der Waals surface area contributed by atoms with Crippen LogP contribution >= 0.6 is 0 Å². The first-order chi connectivity index (χ1) is 8.66. The van der Waals surface area contributed by atoms with Crippen LogP contribution in [0.2, 0.25) is 0 Å². The highest BCUT2D eigenvalue weighted by Crippen LogP contribution is 2.19. The summed E-state index contributed by atoms with van der Waals surface area (Å²) in [5.41, 5.74) is 1.13. The first kappa shape index (κ1) is 12.4. The Labute approximate surface area is 107 Å². The van der Waals surface area contributed by atoms with Crippen molar-refractivity contribution < 1.29 is 9.53 Å². The van der Waals surface area contributed by atoms with Crippen LogP contribution in [0.4, 0.5) is 0 Å². The molecule has 2 aromatic carbocycles. The molecule has 0 fully saturated rings. The summed E-state index contributed by atoms with van der Waals surface area (Å²) < 4.78 is 5.06. The first-order valence-corrected chi connectivity index (χ1v) is 6.00. The molecule has 0 bridgehead atoms. The second kappa shape index (κ2) is 5.50. The number of hydrogen-bond donors (Lipinski definition) is 0. The smallest absolute Gasteiger partial charge is 0.303 e. The lowest BCUT2D eigenvalue weighted by Crippen LogP contribution is -2.08. The van der Waals surface area contributed by atoms with E-state index in [0.29, 0.717) is 0 Å². The van der Waals surface area contributed by atoms with E-state index >= 15 is 0 Å². The number of esters is 1. The molecule has 92 valence electrons. The molecular formula is C16H16O2. The summed E-state index contributed by atoms with van der Waals surface area (Å²) in [6.45, 7) is 3.27.